The number of fused-ring (bicyclic) bond motifs is 3. The van der Waals surface area contributed by atoms with E-state index in [1.54, 1.807) is 19.1 Å². The number of halogens is 8. The van der Waals surface area contributed by atoms with Gasteiger partial charge in [-0.2, -0.15) is 8.42 Å². The first-order valence-corrected chi connectivity index (χ1v) is 23.9. The summed E-state index contributed by atoms with van der Waals surface area (Å²) in [4.78, 5) is 0. The van der Waals surface area contributed by atoms with Gasteiger partial charge in [0, 0.05) is 10.9 Å². The topological polar surface area (TPSA) is 54.4 Å². The lowest BCUT2D eigenvalue weighted by molar-refractivity contribution is 0.308. The Kier molecular flexibility index (Phi) is 19.5. The van der Waals surface area contributed by atoms with Crippen molar-refractivity contribution in [2.75, 3.05) is 11.6 Å². The van der Waals surface area contributed by atoms with E-state index in [1.807, 2.05) is 24.3 Å². The molecule has 2 aliphatic rings. The molecule has 12 heteroatoms. The Hall–Kier alpha value is -3.57. The summed E-state index contributed by atoms with van der Waals surface area (Å²) in [5.41, 5.74) is 3.75. The molecule has 2 fully saturated rings. The number of rotatable bonds is 8. The SMILES string of the molecule is CC=Cc1c(-c2ccc(C3CCC(CCC)CC3)cc2)cc(F)c(F)c1F.CCCC1CCC(c2ccc3c(ccc4c(F)c(F)c(F)cc43)c2)CC1.CS(=O)(=O)O.ClCCl. The van der Waals surface area contributed by atoms with Gasteiger partial charge in [-0.1, -0.05) is 106 Å². The molecule has 0 spiro atoms. The average Bonchev–Trinajstić information content (AvgIpc) is 3.23. The highest BCUT2D eigenvalue weighted by Gasteiger charge is 2.24. The van der Waals surface area contributed by atoms with E-state index in [4.69, 9.17) is 27.8 Å². The van der Waals surface area contributed by atoms with Crippen molar-refractivity contribution in [3.63, 3.8) is 0 Å². The first-order chi connectivity index (χ1) is 29.0. The van der Waals surface area contributed by atoms with E-state index in [2.05, 4.69) is 38.1 Å². The van der Waals surface area contributed by atoms with E-state index in [1.165, 1.54) is 94.3 Å². The fraction of sp³-hybridized carbons (Fsp3) is 0.429. The predicted molar refractivity (Wildman–Crippen MR) is 241 cm³/mol. The molecule has 332 valence electrons. The minimum atomic E-state index is -3.67. The zero-order valence-electron chi connectivity index (χ0n) is 35.2. The van der Waals surface area contributed by atoms with Crippen molar-refractivity contribution in [1.82, 2.24) is 0 Å². The monoisotopic (exact) mass is 908 g/mol. The van der Waals surface area contributed by atoms with Gasteiger partial charge in [0.2, 0.25) is 0 Å². The van der Waals surface area contributed by atoms with Crippen molar-refractivity contribution in [2.24, 2.45) is 11.8 Å². The molecule has 0 atom stereocenters. The van der Waals surface area contributed by atoms with E-state index < -0.39 is 45.0 Å². The molecule has 0 bridgehead atoms. The van der Waals surface area contributed by atoms with E-state index >= 15 is 0 Å². The first kappa shape index (κ1) is 50.1. The molecule has 0 heterocycles. The minimum absolute atomic E-state index is 0.0872. The van der Waals surface area contributed by atoms with Gasteiger partial charge in [-0.25, -0.2) is 26.3 Å². The molecule has 0 unspecified atom stereocenters. The summed E-state index contributed by atoms with van der Waals surface area (Å²) < 4.78 is 109. The summed E-state index contributed by atoms with van der Waals surface area (Å²) in [5.74, 6) is -4.53. The molecule has 0 aromatic heterocycles. The molecular formula is C49H56Cl2F6O3S. The first-order valence-electron chi connectivity index (χ1n) is 21.0. The Balaban J connectivity index is 0.000000229. The highest BCUT2D eigenvalue weighted by Crippen LogP contribution is 2.41. The molecule has 3 nitrogen and oxygen atoms in total. The molecule has 0 saturated heterocycles. The summed E-state index contributed by atoms with van der Waals surface area (Å²) >= 11 is 9.53. The van der Waals surface area contributed by atoms with Crippen LogP contribution in [0, 0.1) is 46.7 Å². The molecule has 5 aromatic carbocycles. The van der Waals surface area contributed by atoms with Crippen LogP contribution in [0.25, 0.3) is 38.7 Å². The summed E-state index contributed by atoms with van der Waals surface area (Å²) in [6, 6.07) is 19.6. The van der Waals surface area contributed by atoms with E-state index in [0.29, 0.717) is 34.6 Å². The van der Waals surface area contributed by atoms with Gasteiger partial charge in [0.25, 0.3) is 10.1 Å². The lowest BCUT2D eigenvalue weighted by atomic mass is 9.77. The Morgan fingerprint density at radius 3 is 1.59 bits per heavy atom. The largest absolute Gasteiger partial charge is 0.286 e. The van der Waals surface area contributed by atoms with Gasteiger partial charge in [0.15, 0.2) is 34.9 Å². The van der Waals surface area contributed by atoms with Crippen LogP contribution in [-0.4, -0.2) is 24.6 Å². The van der Waals surface area contributed by atoms with Crippen LogP contribution < -0.4 is 0 Å². The smallest absolute Gasteiger partial charge is 0.261 e. The molecule has 2 aliphatic carbocycles. The van der Waals surface area contributed by atoms with Crippen LogP contribution in [0.3, 0.4) is 0 Å². The number of hydrogen-bond acceptors (Lipinski definition) is 2. The van der Waals surface area contributed by atoms with E-state index in [9.17, 15) is 34.8 Å². The molecule has 0 radical (unpaired) electrons. The molecule has 2 saturated carbocycles. The quantitative estimate of drug-likeness (QED) is 0.0555. The lowest BCUT2D eigenvalue weighted by Gasteiger charge is -2.28. The van der Waals surface area contributed by atoms with E-state index in [0.717, 1.165) is 34.7 Å². The molecule has 0 aliphatic heterocycles. The zero-order valence-corrected chi connectivity index (χ0v) is 37.5. The normalized spacial score (nSPS) is 19.1. The molecule has 1 N–H and O–H groups in total. The van der Waals surface area contributed by atoms with Gasteiger partial charge in [-0.05, 0) is 133 Å². The molecule has 61 heavy (non-hydrogen) atoms. The summed E-state index contributed by atoms with van der Waals surface area (Å²) in [6.45, 7) is 6.22. The summed E-state index contributed by atoms with van der Waals surface area (Å²) in [7, 11) is -3.67. The van der Waals surface area contributed by atoms with Crippen molar-refractivity contribution < 1.29 is 39.3 Å². The molecular weight excluding hydrogens is 853 g/mol. The zero-order chi connectivity index (χ0) is 44.9. The van der Waals surface area contributed by atoms with Crippen molar-refractivity contribution in [3.05, 3.63) is 124 Å². The van der Waals surface area contributed by atoms with E-state index in [-0.39, 0.29) is 16.3 Å². The van der Waals surface area contributed by atoms with Crippen molar-refractivity contribution in [1.29, 1.82) is 0 Å². The Morgan fingerprint density at radius 2 is 1.08 bits per heavy atom. The Morgan fingerprint density at radius 1 is 0.623 bits per heavy atom. The predicted octanol–water partition coefficient (Wildman–Crippen LogP) is 16.3. The van der Waals surface area contributed by atoms with Gasteiger partial charge >= 0.3 is 0 Å². The van der Waals surface area contributed by atoms with Gasteiger partial charge in [-0.15, -0.1) is 23.2 Å². The van der Waals surface area contributed by atoms with Crippen LogP contribution in [-0.2, 0) is 10.1 Å². The van der Waals surface area contributed by atoms with Crippen LogP contribution >= 0.6 is 23.2 Å². The van der Waals surface area contributed by atoms with Crippen LogP contribution in [0.2, 0.25) is 0 Å². The third-order valence-corrected chi connectivity index (χ3v) is 11.8. The van der Waals surface area contributed by atoms with Crippen LogP contribution in [0.15, 0.2) is 72.8 Å². The van der Waals surface area contributed by atoms with Crippen molar-refractivity contribution >= 4 is 60.9 Å². The summed E-state index contributed by atoms with van der Waals surface area (Å²) in [5, 5.41) is 2.47. The third kappa shape index (κ3) is 14.0. The van der Waals surface area contributed by atoms with Gasteiger partial charge in [0.1, 0.15) is 0 Å². The maximum Gasteiger partial charge on any atom is 0.261 e. The second-order valence-electron chi connectivity index (χ2n) is 16.0. The Bertz CT molecular complexity index is 2330. The van der Waals surface area contributed by atoms with Crippen LogP contribution in [0.1, 0.15) is 126 Å². The fourth-order valence-corrected chi connectivity index (χ4v) is 8.88. The second-order valence-corrected chi connectivity index (χ2v) is 18.3. The second kappa shape index (κ2) is 23.8. The van der Waals surface area contributed by atoms with Crippen LogP contribution in [0.5, 0.6) is 0 Å². The fourth-order valence-electron chi connectivity index (χ4n) is 8.88. The van der Waals surface area contributed by atoms with Crippen LogP contribution in [0.4, 0.5) is 26.3 Å². The average molecular weight is 910 g/mol. The van der Waals surface area contributed by atoms with Gasteiger partial charge in [-0.3, -0.25) is 4.55 Å². The molecule has 5 aromatic rings. The Labute approximate surface area is 367 Å². The van der Waals surface area contributed by atoms with Crippen molar-refractivity contribution in [3.8, 4) is 11.1 Å². The lowest BCUT2D eigenvalue weighted by Crippen LogP contribution is -2.13. The van der Waals surface area contributed by atoms with Gasteiger partial charge < -0.3 is 0 Å². The minimum Gasteiger partial charge on any atom is -0.286 e. The standard InChI is InChI=1S/C24H27F3.C23H23F3.CH2Cl2.CH4O3S/c1-3-5-16-7-9-17(10-8-16)18-11-13-19(14-12-18)21-15-22(25)24(27)23(26)20(21)6-4-2;1-2-3-14-4-6-15(7-5-14)16-8-10-18-17(12-16)9-11-19-20(18)13-21(24)23(26)22(19)25;2-1-3;1-5(2,3)4/h4,6,11-17H,3,5,7-10H2,1-2H3;8-15H,2-7H2,1H3;1H2;1H3,(H,2,3,4). The highest BCUT2D eigenvalue weighted by molar-refractivity contribution is 7.85. The number of allylic oxidation sites excluding steroid dienone is 1. The number of hydrogen-bond donors (Lipinski definition) is 1. The third-order valence-electron chi connectivity index (χ3n) is 11.8. The molecule has 0 amide bonds. The highest BCUT2D eigenvalue weighted by atomic mass is 35.5. The van der Waals surface area contributed by atoms with Gasteiger partial charge in [0.05, 0.1) is 11.6 Å². The number of alkyl halides is 2. The maximum atomic E-state index is 14.2. The maximum absolute atomic E-state index is 14.2. The number of benzene rings is 5. The van der Waals surface area contributed by atoms with Crippen molar-refractivity contribution in [2.45, 2.75) is 110 Å². The summed E-state index contributed by atoms with van der Waals surface area (Å²) in [6.07, 6.45) is 18.9. The molecule has 7 rings (SSSR count).